The number of para-hydroxylation sites is 2. The van der Waals surface area contributed by atoms with E-state index >= 15 is 0 Å². The van der Waals surface area contributed by atoms with Gasteiger partial charge in [-0.1, -0.05) is 133 Å². The quantitative estimate of drug-likeness (QED) is 0.149. The first kappa shape index (κ1) is 32.8. The minimum Gasteiger partial charge on any atom is -0.311 e. The van der Waals surface area contributed by atoms with E-state index in [0.717, 1.165) is 34.1 Å². The van der Waals surface area contributed by atoms with Crippen molar-refractivity contribution in [3.05, 3.63) is 169 Å². The Morgan fingerprint density at radius 1 is 0.375 bits per heavy atom. The van der Waals surface area contributed by atoms with Crippen molar-refractivity contribution < 1.29 is 0 Å². The van der Waals surface area contributed by atoms with Crippen LogP contribution in [0.4, 0.5) is 34.1 Å². The summed E-state index contributed by atoms with van der Waals surface area (Å²) >= 11 is 0. The van der Waals surface area contributed by atoms with Gasteiger partial charge in [-0.25, -0.2) is 0 Å². The summed E-state index contributed by atoms with van der Waals surface area (Å²) < 4.78 is 0. The second-order valence-electron chi connectivity index (χ2n) is 14.4. The van der Waals surface area contributed by atoms with Gasteiger partial charge in [0.25, 0.3) is 0 Å². The molecule has 242 valence electrons. The van der Waals surface area contributed by atoms with E-state index in [9.17, 15) is 0 Å². The standard InChI is InChI=1S/C46H48N2/c1-7-34-46(5,6)38-24-32-44(33-25-38)48(40-16-12-9-13-17-40)42-28-20-36(21-29-42)35-18-26-41(27-19-35)47(39-14-10-8-11-15-39)43-30-22-37(23-31-43)45(2,3)4/h8-33H,7,34H2,1-6H3. The Bertz CT molecular complexity index is 1880. The van der Waals surface area contributed by atoms with Gasteiger partial charge in [0.1, 0.15) is 0 Å². The summed E-state index contributed by atoms with van der Waals surface area (Å²) in [4.78, 5) is 4.66. The molecule has 0 spiro atoms. The minimum atomic E-state index is 0.113. The molecule has 0 aliphatic carbocycles. The molecule has 6 rings (SSSR count). The van der Waals surface area contributed by atoms with Crippen molar-refractivity contribution in [2.24, 2.45) is 0 Å². The van der Waals surface area contributed by atoms with Crippen LogP contribution in [-0.2, 0) is 10.8 Å². The summed E-state index contributed by atoms with van der Waals surface area (Å²) in [5.41, 5.74) is 12.2. The maximum absolute atomic E-state index is 2.34. The first-order valence-electron chi connectivity index (χ1n) is 17.3. The smallest absolute Gasteiger partial charge is 0.0462 e. The summed E-state index contributed by atoms with van der Waals surface area (Å²) in [5.74, 6) is 0. The molecule has 2 heteroatoms. The first-order valence-corrected chi connectivity index (χ1v) is 17.3. The number of hydrogen-bond acceptors (Lipinski definition) is 2. The average molecular weight is 629 g/mol. The molecule has 0 atom stereocenters. The van der Waals surface area contributed by atoms with Crippen LogP contribution in [0.3, 0.4) is 0 Å². The van der Waals surface area contributed by atoms with E-state index in [-0.39, 0.29) is 10.8 Å². The minimum absolute atomic E-state index is 0.113. The molecule has 6 aromatic carbocycles. The zero-order valence-electron chi connectivity index (χ0n) is 29.3. The molecule has 0 radical (unpaired) electrons. The van der Waals surface area contributed by atoms with Gasteiger partial charge in [0.05, 0.1) is 0 Å². The fraction of sp³-hybridized carbons (Fsp3) is 0.217. The zero-order valence-corrected chi connectivity index (χ0v) is 29.3. The zero-order chi connectivity index (χ0) is 33.7. The normalized spacial score (nSPS) is 11.7. The topological polar surface area (TPSA) is 6.48 Å². The van der Waals surface area contributed by atoms with Gasteiger partial charge in [0.2, 0.25) is 0 Å². The number of hydrogen-bond donors (Lipinski definition) is 0. The molecule has 2 nitrogen and oxygen atoms in total. The number of nitrogens with zero attached hydrogens (tertiary/aromatic N) is 2. The molecular weight excluding hydrogens is 581 g/mol. The lowest BCUT2D eigenvalue weighted by Crippen LogP contribution is -2.17. The summed E-state index contributed by atoms with van der Waals surface area (Å²) in [6, 6.07) is 57.2. The van der Waals surface area contributed by atoms with E-state index in [2.05, 4.69) is 209 Å². The highest BCUT2D eigenvalue weighted by Crippen LogP contribution is 2.39. The van der Waals surface area contributed by atoms with E-state index in [4.69, 9.17) is 0 Å². The Balaban J connectivity index is 1.29. The van der Waals surface area contributed by atoms with Gasteiger partial charge in [0.15, 0.2) is 0 Å². The highest BCUT2D eigenvalue weighted by molar-refractivity contribution is 5.80. The van der Waals surface area contributed by atoms with Crippen molar-refractivity contribution in [2.75, 3.05) is 9.80 Å². The lowest BCUT2D eigenvalue weighted by atomic mass is 9.81. The predicted molar refractivity (Wildman–Crippen MR) is 208 cm³/mol. The van der Waals surface area contributed by atoms with Crippen LogP contribution in [-0.4, -0.2) is 0 Å². The van der Waals surface area contributed by atoms with Crippen molar-refractivity contribution in [2.45, 2.75) is 65.2 Å². The molecule has 0 fully saturated rings. The van der Waals surface area contributed by atoms with Crippen LogP contribution in [0.15, 0.2) is 158 Å². The van der Waals surface area contributed by atoms with Crippen LogP contribution in [0, 0.1) is 0 Å². The van der Waals surface area contributed by atoms with Gasteiger partial charge >= 0.3 is 0 Å². The maximum atomic E-state index is 2.34. The van der Waals surface area contributed by atoms with E-state index in [1.807, 2.05) is 0 Å². The van der Waals surface area contributed by atoms with Gasteiger partial charge in [0, 0.05) is 34.1 Å². The van der Waals surface area contributed by atoms with Gasteiger partial charge in [-0.3, -0.25) is 0 Å². The second kappa shape index (κ2) is 14.0. The van der Waals surface area contributed by atoms with Crippen LogP contribution in [0.1, 0.15) is 65.5 Å². The Morgan fingerprint density at radius 3 is 1.02 bits per heavy atom. The predicted octanol–water partition coefficient (Wildman–Crippen LogP) is 13.7. The van der Waals surface area contributed by atoms with Crippen molar-refractivity contribution in [1.29, 1.82) is 0 Å². The summed E-state index contributed by atoms with van der Waals surface area (Å²) in [5, 5.41) is 0. The fourth-order valence-corrected chi connectivity index (χ4v) is 6.60. The Hall–Kier alpha value is -5.08. The largest absolute Gasteiger partial charge is 0.311 e. The molecule has 0 amide bonds. The Labute approximate surface area is 288 Å². The lowest BCUT2D eigenvalue weighted by molar-refractivity contribution is 0.473. The molecule has 0 saturated carbocycles. The molecule has 0 aliphatic heterocycles. The number of rotatable bonds is 10. The van der Waals surface area contributed by atoms with E-state index in [1.165, 1.54) is 35.1 Å². The van der Waals surface area contributed by atoms with Crippen molar-refractivity contribution >= 4 is 34.1 Å². The molecule has 48 heavy (non-hydrogen) atoms. The Morgan fingerprint density at radius 2 is 0.688 bits per heavy atom. The summed E-state index contributed by atoms with van der Waals surface area (Å²) in [6.07, 6.45) is 2.35. The van der Waals surface area contributed by atoms with Crippen LogP contribution >= 0.6 is 0 Å². The summed E-state index contributed by atoms with van der Waals surface area (Å²) in [6.45, 7) is 13.7. The third kappa shape index (κ3) is 7.24. The first-order chi connectivity index (χ1) is 23.1. The third-order valence-corrected chi connectivity index (χ3v) is 9.39. The summed E-state index contributed by atoms with van der Waals surface area (Å²) in [7, 11) is 0. The van der Waals surface area contributed by atoms with E-state index in [1.54, 1.807) is 0 Å². The molecule has 6 aromatic rings. The average Bonchev–Trinajstić information content (AvgIpc) is 3.10. The molecule has 0 aromatic heterocycles. The van der Waals surface area contributed by atoms with Crippen molar-refractivity contribution in [3.63, 3.8) is 0 Å². The lowest BCUT2D eigenvalue weighted by Gasteiger charge is -2.28. The Kier molecular flexibility index (Phi) is 9.55. The van der Waals surface area contributed by atoms with Crippen LogP contribution in [0.5, 0.6) is 0 Å². The van der Waals surface area contributed by atoms with Crippen molar-refractivity contribution in [1.82, 2.24) is 0 Å². The van der Waals surface area contributed by atoms with Crippen LogP contribution in [0.25, 0.3) is 11.1 Å². The highest BCUT2D eigenvalue weighted by atomic mass is 15.1. The van der Waals surface area contributed by atoms with Gasteiger partial charge in [-0.15, -0.1) is 0 Å². The van der Waals surface area contributed by atoms with E-state index < -0.39 is 0 Å². The SMILES string of the molecule is CCCC(C)(C)c1ccc(N(c2ccccc2)c2ccc(-c3ccc(N(c4ccccc4)c4ccc(C(C)(C)C)cc4)cc3)cc2)cc1. The van der Waals surface area contributed by atoms with Gasteiger partial charge < -0.3 is 9.80 Å². The van der Waals surface area contributed by atoms with Crippen LogP contribution < -0.4 is 9.80 Å². The van der Waals surface area contributed by atoms with E-state index in [0.29, 0.717) is 0 Å². The molecular formula is C46H48N2. The third-order valence-electron chi connectivity index (χ3n) is 9.39. The molecule has 0 bridgehead atoms. The molecule has 0 aliphatic rings. The molecule has 0 N–H and O–H groups in total. The van der Waals surface area contributed by atoms with Crippen LogP contribution in [0.2, 0.25) is 0 Å². The number of benzene rings is 6. The monoisotopic (exact) mass is 628 g/mol. The fourth-order valence-electron chi connectivity index (χ4n) is 6.60. The maximum Gasteiger partial charge on any atom is 0.0462 e. The van der Waals surface area contributed by atoms with Crippen molar-refractivity contribution in [3.8, 4) is 11.1 Å². The van der Waals surface area contributed by atoms with Gasteiger partial charge in [-0.05, 0) is 112 Å². The molecule has 0 unspecified atom stereocenters. The van der Waals surface area contributed by atoms with Gasteiger partial charge in [-0.2, -0.15) is 0 Å². The molecule has 0 heterocycles. The highest BCUT2D eigenvalue weighted by Gasteiger charge is 2.21. The number of anilines is 6. The molecule has 0 saturated heterocycles. The second-order valence-corrected chi connectivity index (χ2v) is 14.4.